The summed E-state index contributed by atoms with van der Waals surface area (Å²) in [6, 6.07) is 20.4. The lowest BCUT2D eigenvalue weighted by molar-refractivity contribution is 0.0784. The first-order chi connectivity index (χ1) is 14.3. The van der Waals surface area contributed by atoms with E-state index >= 15 is 0 Å². The van der Waals surface area contributed by atoms with E-state index < -0.39 is 10.0 Å². The summed E-state index contributed by atoms with van der Waals surface area (Å²) in [7, 11) is -0.435. The fraction of sp³-hybridized carbons (Fsp3) is 0.174. The van der Waals surface area contributed by atoms with Gasteiger partial charge < -0.3 is 9.64 Å². The lowest BCUT2D eigenvalue weighted by Crippen LogP contribution is -2.26. The molecule has 0 aliphatic heterocycles. The highest BCUT2D eigenvalue weighted by Crippen LogP contribution is 2.23. The Morgan fingerprint density at radius 2 is 1.73 bits per heavy atom. The fourth-order valence-corrected chi connectivity index (χ4v) is 4.18. The number of carbonyl (C=O) groups is 1. The highest BCUT2D eigenvalue weighted by molar-refractivity contribution is 7.92. The van der Waals surface area contributed by atoms with Crippen LogP contribution >= 0.6 is 0 Å². The predicted octanol–water partition coefficient (Wildman–Crippen LogP) is 4.08. The van der Waals surface area contributed by atoms with E-state index in [2.05, 4.69) is 4.72 Å². The summed E-state index contributed by atoms with van der Waals surface area (Å²) in [6.45, 7) is 2.34. The van der Waals surface area contributed by atoms with E-state index in [1.807, 2.05) is 25.1 Å². The van der Waals surface area contributed by atoms with Crippen LogP contribution < -0.4 is 9.46 Å². The zero-order valence-electron chi connectivity index (χ0n) is 17.1. The molecule has 30 heavy (non-hydrogen) atoms. The first-order valence-electron chi connectivity index (χ1n) is 9.37. The Bertz CT molecular complexity index is 1140. The van der Waals surface area contributed by atoms with Crippen molar-refractivity contribution in [2.45, 2.75) is 18.4 Å². The molecular formula is C23H24N2O4S. The number of nitrogens with one attached hydrogen (secondary N) is 1. The molecule has 0 radical (unpaired) electrons. The molecule has 0 aliphatic carbocycles. The van der Waals surface area contributed by atoms with Crippen LogP contribution in [0.1, 0.15) is 21.5 Å². The van der Waals surface area contributed by atoms with Crippen molar-refractivity contribution in [3.63, 3.8) is 0 Å². The van der Waals surface area contributed by atoms with Gasteiger partial charge in [0, 0.05) is 30.4 Å². The number of carbonyl (C=O) groups excluding carboxylic acids is 1. The monoisotopic (exact) mass is 424 g/mol. The van der Waals surface area contributed by atoms with Crippen LogP contribution in [-0.4, -0.2) is 33.4 Å². The zero-order valence-corrected chi connectivity index (χ0v) is 17.9. The third-order valence-corrected chi connectivity index (χ3v) is 6.00. The Hall–Kier alpha value is -3.32. The number of anilines is 1. The summed E-state index contributed by atoms with van der Waals surface area (Å²) in [5.41, 5.74) is 2.68. The van der Waals surface area contributed by atoms with E-state index in [0.717, 1.165) is 11.1 Å². The number of rotatable bonds is 7. The number of aryl methyl sites for hydroxylation is 1. The third kappa shape index (κ3) is 4.99. The van der Waals surface area contributed by atoms with Crippen molar-refractivity contribution in [2.24, 2.45) is 0 Å². The Labute approximate surface area is 177 Å². The predicted molar refractivity (Wildman–Crippen MR) is 117 cm³/mol. The SMILES string of the molecule is COc1ccc(C)cc1CN(C)C(=O)c1cccc(NS(=O)(=O)c2ccccc2)c1. The second kappa shape index (κ2) is 9.00. The summed E-state index contributed by atoms with van der Waals surface area (Å²) in [5.74, 6) is 0.490. The van der Waals surface area contributed by atoms with E-state index in [1.54, 1.807) is 55.5 Å². The number of ether oxygens (including phenoxy) is 1. The van der Waals surface area contributed by atoms with Crippen LogP contribution in [0.15, 0.2) is 77.7 Å². The molecule has 3 aromatic rings. The molecule has 156 valence electrons. The van der Waals surface area contributed by atoms with Crippen LogP contribution in [0.4, 0.5) is 5.69 Å². The number of hydrogen-bond donors (Lipinski definition) is 1. The van der Waals surface area contributed by atoms with Gasteiger partial charge in [-0.15, -0.1) is 0 Å². The summed E-state index contributed by atoms with van der Waals surface area (Å²) < 4.78 is 33.0. The van der Waals surface area contributed by atoms with Crippen LogP contribution in [0.2, 0.25) is 0 Å². The quantitative estimate of drug-likeness (QED) is 0.620. The largest absolute Gasteiger partial charge is 0.496 e. The topological polar surface area (TPSA) is 75.7 Å². The van der Waals surface area contributed by atoms with Crippen LogP contribution in [0.25, 0.3) is 0 Å². The van der Waals surface area contributed by atoms with Gasteiger partial charge in [0.1, 0.15) is 5.75 Å². The third-order valence-electron chi connectivity index (χ3n) is 4.61. The molecule has 0 fully saturated rings. The molecule has 7 heteroatoms. The lowest BCUT2D eigenvalue weighted by Gasteiger charge is -2.20. The summed E-state index contributed by atoms with van der Waals surface area (Å²) >= 11 is 0. The normalized spacial score (nSPS) is 11.0. The fourth-order valence-electron chi connectivity index (χ4n) is 3.11. The maximum atomic E-state index is 12.9. The number of sulfonamides is 1. The molecule has 0 saturated carbocycles. The van der Waals surface area contributed by atoms with Crippen molar-refractivity contribution in [1.29, 1.82) is 0 Å². The maximum absolute atomic E-state index is 12.9. The molecule has 0 aliphatic rings. The molecule has 0 bridgehead atoms. The molecular weight excluding hydrogens is 400 g/mol. The first-order valence-corrected chi connectivity index (χ1v) is 10.9. The Kier molecular flexibility index (Phi) is 6.42. The van der Waals surface area contributed by atoms with Crippen molar-refractivity contribution in [1.82, 2.24) is 4.90 Å². The smallest absolute Gasteiger partial charge is 0.261 e. The highest BCUT2D eigenvalue weighted by atomic mass is 32.2. The van der Waals surface area contributed by atoms with Crippen LogP contribution in [0.5, 0.6) is 5.75 Å². The van der Waals surface area contributed by atoms with Crippen molar-refractivity contribution >= 4 is 21.6 Å². The van der Waals surface area contributed by atoms with Gasteiger partial charge >= 0.3 is 0 Å². The lowest BCUT2D eigenvalue weighted by atomic mass is 10.1. The minimum atomic E-state index is -3.73. The molecule has 3 rings (SSSR count). The maximum Gasteiger partial charge on any atom is 0.261 e. The van der Waals surface area contributed by atoms with Gasteiger partial charge in [0.15, 0.2) is 0 Å². The van der Waals surface area contributed by atoms with Gasteiger partial charge in [-0.05, 0) is 43.3 Å². The number of hydrogen-bond acceptors (Lipinski definition) is 4. The second-order valence-corrected chi connectivity index (χ2v) is 8.66. The van der Waals surface area contributed by atoms with Crippen LogP contribution in [-0.2, 0) is 16.6 Å². The standard InChI is InChI=1S/C23H24N2O4S/c1-17-12-13-22(29-3)19(14-17)16-25(2)23(26)18-8-7-9-20(15-18)24-30(27,28)21-10-5-4-6-11-21/h4-15,24H,16H2,1-3H3. The van der Waals surface area contributed by atoms with Gasteiger partial charge in [0.05, 0.1) is 12.0 Å². The Morgan fingerprint density at radius 1 is 1.00 bits per heavy atom. The molecule has 6 nitrogen and oxygen atoms in total. The number of methoxy groups -OCH3 is 1. The van der Waals surface area contributed by atoms with Gasteiger partial charge in [-0.3, -0.25) is 9.52 Å². The number of benzene rings is 3. The van der Waals surface area contributed by atoms with Gasteiger partial charge in [0.25, 0.3) is 15.9 Å². The van der Waals surface area contributed by atoms with E-state index in [4.69, 9.17) is 4.74 Å². The summed E-state index contributed by atoms with van der Waals surface area (Å²) in [6.07, 6.45) is 0. The molecule has 0 saturated heterocycles. The average Bonchev–Trinajstić information content (AvgIpc) is 2.74. The Balaban J connectivity index is 1.78. The molecule has 0 spiro atoms. The minimum absolute atomic E-state index is 0.158. The van der Waals surface area contributed by atoms with Crippen molar-refractivity contribution < 1.29 is 17.9 Å². The highest BCUT2D eigenvalue weighted by Gasteiger charge is 2.17. The van der Waals surface area contributed by atoms with Gasteiger partial charge in [-0.1, -0.05) is 42.0 Å². The van der Waals surface area contributed by atoms with E-state index in [0.29, 0.717) is 23.5 Å². The zero-order chi connectivity index (χ0) is 21.7. The average molecular weight is 425 g/mol. The van der Waals surface area contributed by atoms with Crippen molar-refractivity contribution in [3.05, 3.63) is 89.5 Å². The molecule has 1 amide bonds. The van der Waals surface area contributed by atoms with E-state index in [1.165, 1.54) is 18.2 Å². The number of amides is 1. The first kappa shape index (κ1) is 21.4. The molecule has 1 N–H and O–H groups in total. The van der Waals surface area contributed by atoms with E-state index in [9.17, 15) is 13.2 Å². The Morgan fingerprint density at radius 3 is 2.43 bits per heavy atom. The molecule has 0 unspecified atom stereocenters. The van der Waals surface area contributed by atoms with Crippen molar-refractivity contribution in [2.75, 3.05) is 18.9 Å². The molecule has 0 atom stereocenters. The van der Waals surface area contributed by atoms with Gasteiger partial charge in [-0.25, -0.2) is 8.42 Å². The summed E-state index contributed by atoms with van der Waals surface area (Å²) in [5, 5.41) is 0. The number of nitrogens with zero attached hydrogens (tertiary/aromatic N) is 1. The second-order valence-electron chi connectivity index (χ2n) is 6.98. The van der Waals surface area contributed by atoms with E-state index in [-0.39, 0.29) is 10.8 Å². The molecule has 3 aromatic carbocycles. The minimum Gasteiger partial charge on any atom is -0.496 e. The van der Waals surface area contributed by atoms with Gasteiger partial charge in [-0.2, -0.15) is 0 Å². The van der Waals surface area contributed by atoms with Crippen molar-refractivity contribution in [3.8, 4) is 5.75 Å². The summed E-state index contributed by atoms with van der Waals surface area (Å²) in [4.78, 5) is 14.7. The molecule has 0 aromatic heterocycles. The van der Waals surface area contributed by atoms with Gasteiger partial charge in [0.2, 0.25) is 0 Å². The van der Waals surface area contributed by atoms with Crippen LogP contribution in [0, 0.1) is 6.92 Å². The van der Waals surface area contributed by atoms with Crippen LogP contribution in [0.3, 0.4) is 0 Å². The molecule has 0 heterocycles.